The van der Waals surface area contributed by atoms with Gasteiger partial charge in [0.2, 0.25) is 0 Å². The summed E-state index contributed by atoms with van der Waals surface area (Å²) in [5, 5.41) is 0. The van der Waals surface area contributed by atoms with Crippen LogP contribution in [0.4, 0.5) is 26.3 Å². The van der Waals surface area contributed by atoms with E-state index in [0.29, 0.717) is 33.8 Å². The SMILES string of the molecule is FC(F)(F)c1ccc(-c2ccccc2Oc2ccccc2-c2ccc(C(F)(F)F)cc2Br)c(Br)c1. The van der Waals surface area contributed by atoms with Gasteiger partial charge in [0, 0.05) is 20.1 Å². The molecule has 0 aromatic heterocycles. The Hall–Kier alpha value is -2.78. The van der Waals surface area contributed by atoms with Gasteiger partial charge in [-0.1, -0.05) is 80.4 Å². The zero-order valence-corrected chi connectivity index (χ0v) is 20.7. The standard InChI is InChI=1S/C26H14Br2F6O/c27-21-13-15(25(29,30)31)9-11-17(21)19-5-1-3-7-23(19)35-24-8-4-2-6-20(24)18-12-10-16(14-22(18)28)26(32,33)34/h1-14H. The maximum atomic E-state index is 13.1. The quantitative estimate of drug-likeness (QED) is 0.208. The highest BCUT2D eigenvalue weighted by atomic mass is 79.9. The van der Waals surface area contributed by atoms with Gasteiger partial charge in [0.05, 0.1) is 11.1 Å². The van der Waals surface area contributed by atoms with Crippen molar-refractivity contribution in [1.82, 2.24) is 0 Å². The first-order valence-electron chi connectivity index (χ1n) is 10.1. The molecule has 0 aliphatic heterocycles. The molecule has 0 spiro atoms. The minimum Gasteiger partial charge on any atom is -0.456 e. The van der Waals surface area contributed by atoms with Crippen LogP contribution in [0.1, 0.15) is 11.1 Å². The minimum absolute atomic E-state index is 0.238. The molecule has 0 unspecified atom stereocenters. The van der Waals surface area contributed by atoms with Crippen LogP contribution < -0.4 is 4.74 Å². The number of alkyl halides is 6. The van der Waals surface area contributed by atoms with Crippen LogP contribution in [0.5, 0.6) is 11.5 Å². The summed E-state index contributed by atoms with van der Waals surface area (Å²) >= 11 is 6.45. The molecule has 9 heteroatoms. The average Bonchev–Trinajstić information content (AvgIpc) is 2.79. The molecule has 0 N–H and O–H groups in total. The summed E-state index contributed by atoms with van der Waals surface area (Å²) in [5.41, 5.74) is 0.473. The lowest BCUT2D eigenvalue weighted by Crippen LogP contribution is -2.04. The van der Waals surface area contributed by atoms with Gasteiger partial charge in [-0.2, -0.15) is 26.3 Å². The van der Waals surface area contributed by atoms with E-state index >= 15 is 0 Å². The summed E-state index contributed by atoms with van der Waals surface area (Å²) in [7, 11) is 0. The molecular weight excluding hydrogens is 602 g/mol. The van der Waals surface area contributed by atoms with Crippen LogP contribution in [0, 0.1) is 0 Å². The summed E-state index contributed by atoms with van der Waals surface area (Å²) in [6.07, 6.45) is -8.96. The van der Waals surface area contributed by atoms with Gasteiger partial charge in [-0.3, -0.25) is 0 Å². The molecule has 0 saturated carbocycles. The summed E-state index contributed by atoms with van der Waals surface area (Å²) in [6, 6.07) is 20.3. The zero-order valence-electron chi connectivity index (χ0n) is 17.5. The normalized spacial score (nSPS) is 12.0. The van der Waals surface area contributed by atoms with Gasteiger partial charge in [-0.05, 0) is 47.5 Å². The molecule has 4 aromatic carbocycles. The fourth-order valence-corrected chi connectivity index (χ4v) is 4.68. The third kappa shape index (κ3) is 5.56. The van der Waals surface area contributed by atoms with Crippen molar-refractivity contribution >= 4 is 31.9 Å². The van der Waals surface area contributed by atoms with E-state index in [-0.39, 0.29) is 8.95 Å². The molecule has 0 saturated heterocycles. The second kappa shape index (κ2) is 9.70. The largest absolute Gasteiger partial charge is 0.456 e. The first-order valence-corrected chi connectivity index (χ1v) is 11.6. The van der Waals surface area contributed by atoms with Gasteiger partial charge in [-0.15, -0.1) is 0 Å². The third-order valence-electron chi connectivity index (χ3n) is 5.17. The fraction of sp³-hybridized carbons (Fsp3) is 0.0769. The van der Waals surface area contributed by atoms with E-state index in [1.165, 1.54) is 12.1 Å². The molecule has 0 radical (unpaired) electrons. The summed E-state index contributed by atoms with van der Waals surface area (Å²) < 4.78 is 85.2. The lowest BCUT2D eigenvalue weighted by molar-refractivity contribution is -0.138. The first-order chi connectivity index (χ1) is 16.4. The summed E-state index contributed by atoms with van der Waals surface area (Å²) in [6.45, 7) is 0. The Bertz CT molecular complexity index is 1270. The van der Waals surface area contributed by atoms with E-state index in [4.69, 9.17) is 4.74 Å². The number of ether oxygens (including phenoxy) is 1. The van der Waals surface area contributed by atoms with Crippen LogP contribution in [0.2, 0.25) is 0 Å². The molecule has 0 aliphatic rings. The molecule has 0 atom stereocenters. The average molecular weight is 616 g/mol. The highest BCUT2D eigenvalue weighted by Gasteiger charge is 2.32. The van der Waals surface area contributed by atoms with Crippen molar-refractivity contribution in [3.63, 3.8) is 0 Å². The molecule has 1 nitrogen and oxygen atoms in total. The van der Waals surface area contributed by atoms with E-state index in [0.717, 1.165) is 24.3 Å². The molecule has 0 heterocycles. The Balaban J connectivity index is 1.75. The van der Waals surface area contributed by atoms with Crippen LogP contribution in [0.3, 0.4) is 0 Å². The van der Waals surface area contributed by atoms with Crippen molar-refractivity contribution in [2.45, 2.75) is 12.4 Å². The highest BCUT2D eigenvalue weighted by Crippen LogP contribution is 2.43. The Kier molecular flexibility index (Phi) is 7.02. The second-order valence-corrected chi connectivity index (χ2v) is 9.19. The minimum atomic E-state index is -4.48. The molecule has 4 aromatic rings. The van der Waals surface area contributed by atoms with Crippen molar-refractivity contribution in [3.05, 3.63) is 105 Å². The number of rotatable bonds is 4. The Morgan fingerprint density at radius 3 is 1.20 bits per heavy atom. The number of halogens is 8. The monoisotopic (exact) mass is 614 g/mol. The maximum absolute atomic E-state index is 13.1. The van der Waals surface area contributed by atoms with Crippen LogP contribution >= 0.6 is 31.9 Å². The van der Waals surface area contributed by atoms with Gasteiger partial charge in [0.15, 0.2) is 0 Å². The topological polar surface area (TPSA) is 9.23 Å². The summed E-state index contributed by atoms with van der Waals surface area (Å²) in [5.74, 6) is 0.729. The number of benzene rings is 4. The van der Waals surface area contributed by atoms with Crippen LogP contribution in [0.15, 0.2) is 93.9 Å². The molecular formula is C26H14Br2F6O. The number of hydrogen-bond acceptors (Lipinski definition) is 1. The van der Waals surface area contributed by atoms with E-state index in [2.05, 4.69) is 31.9 Å². The highest BCUT2D eigenvalue weighted by molar-refractivity contribution is 9.11. The Morgan fingerprint density at radius 2 is 0.857 bits per heavy atom. The maximum Gasteiger partial charge on any atom is 0.416 e. The number of hydrogen-bond donors (Lipinski definition) is 0. The van der Waals surface area contributed by atoms with Crippen LogP contribution in [-0.2, 0) is 12.4 Å². The van der Waals surface area contributed by atoms with Gasteiger partial charge in [-0.25, -0.2) is 0 Å². The molecule has 0 aliphatic carbocycles. The van der Waals surface area contributed by atoms with E-state index < -0.39 is 23.5 Å². The molecule has 35 heavy (non-hydrogen) atoms. The van der Waals surface area contributed by atoms with E-state index in [9.17, 15) is 26.3 Å². The predicted octanol–water partition coefficient (Wildman–Crippen LogP) is 10.4. The zero-order chi connectivity index (χ0) is 25.4. The molecule has 0 fully saturated rings. The number of para-hydroxylation sites is 2. The Labute approximate surface area is 213 Å². The predicted molar refractivity (Wildman–Crippen MR) is 129 cm³/mol. The van der Waals surface area contributed by atoms with E-state index in [1.54, 1.807) is 48.5 Å². The van der Waals surface area contributed by atoms with Crippen molar-refractivity contribution in [2.75, 3.05) is 0 Å². The van der Waals surface area contributed by atoms with Crippen molar-refractivity contribution in [2.24, 2.45) is 0 Å². The molecule has 180 valence electrons. The van der Waals surface area contributed by atoms with Crippen LogP contribution in [0.25, 0.3) is 22.3 Å². The third-order valence-corrected chi connectivity index (χ3v) is 6.48. The van der Waals surface area contributed by atoms with Gasteiger partial charge >= 0.3 is 12.4 Å². The smallest absolute Gasteiger partial charge is 0.416 e. The van der Waals surface area contributed by atoms with Crippen molar-refractivity contribution < 1.29 is 31.1 Å². The summed E-state index contributed by atoms with van der Waals surface area (Å²) in [4.78, 5) is 0. The molecule has 0 amide bonds. The Morgan fingerprint density at radius 1 is 0.486 bits per heavy atom. The first kappa shape index (κ1) is 25.3. The fourth-order valence-electron chi connectivity index (χ4n) is 3.49. The van der Waals surface area contributed by atoms with Crippen LogP contribution in [-0.4, -0.2) is 0 Å². The lowest BCUT2D eigenvalue weighted by Gasteiger charge is -2.17. The van der Waals surface area contributed by atoms with Crippen molar-refractivity contribution in [3.8, 4) is 33.8 Å². The van der Waals surface area contributed by atoms with Gasteiger partial charge < -0.3 is 4.74 Å². The second-order valence-electron chi connectivity index (χ2n) is 7.48. The van der Waals surface area contributed by atoms with Gasteiger partial charge in [0.25, 0.3) is 0 Å². The van der Waals surface area contributed by atoms with E-state index in [1.807, 2.05) is 0 Å². The lowest BCUT2D eigenvalue weighted by atomic mass is 10.0. The molecule has 4 rings (SSSR count). The van der Waals surface area contributed by atoms with Gasteiger partial charge in [0.1, 0.15) is 11.5 Å². The molecule has 0 bridgehead atoms. The van der Waals surface area contributed by atoms with Crippen molar-refractivity contribution in [1.29, 1.82) is 0 Å².